The van der Waals surface area contributed by atoms with Crippen LogP contribution in [0.5, 0.6) is 0 Å². The highest BCUT2D eigenvalue weighted by Crippen LogP contribution is 2.71. The van der Waals surface area contributed by atoms with E-state index in [0.29, 0.717) is 19.0 Å². The molecule has 1 aromatic heterocycles. The van der Waals surface area contributed by atoms with E-state index in [1.54, 1.807) is 11.3 Å². The Labute approximate surface area is 128 Å². The molecule has 1 aromatic rings. The van der Waals surface area contributed by atoms with E-state index in [2.05, 4.69) is 15.6 Å². The van der Waals surface area contributed by atoms with E-state index >= 15 is 0 Å². The normalized spacial score (nSPS) is 31.6. The van der Waals surface area contributed by atoms with Gasteiger partial charge in [0.25, 0.3) is 0 Å². The minimum atomic E-state index is -0.191. The Kier molecular flexibility index (Phi) is 3.01. The molecule has 21 heavy (non-hydrogen) atoms. The summed E-state index contributed by atoms with van der Waals surface area (Å²) in [7, 11) is 0. The number of carbonyl (C=O) groups excluding carboxylic acids is 1. The minimum absolute atomic E-state index is 0.110. The number of aryl methyl sites for hydroxylation is 1. The second-order valence-corrected chi connectivity index (χ2v) is 7.37. The summed E-state index contributed by atoms with van der Waals surface area (Å²) in [6.07, 6.45) is 4.35. The summed E-state index contributed by atoms with van der Waals surface area (Å²) in [6.45, 7) is 4.12. The fourth-order valence-corrected chi connectivity index (χ4v) is 4.71. The molecule has 2 aliphatic carbocycles. The number of hydrogen-bond donors (Lipinski definition) is 2. The van der Waals surface area contributed by atoms with Crippen molar-refractivity contribution in [1.82, 2.24) is 10.3 Å². The van der Waals surface area contributed by atoms with Crippen molar-refractivity contribution in [3.8, 4) is 0 Å². The maximum absolute atomic E-state index is 12.6. The zero-order chi connectivity index (χ0) is 14.5. The van der Waals surface area contributed by atoms with Crippen molar-refractivity contribution < 1.29 is 9.53 Å². The molecule has 0 unspecified atom stereocenters. The molecule has 2 heterocycles. The van der Waals surface area contributed by atoms with Crippen LogP contribution < -0.4 is 10.6 Å². The highest BCUT2D eigenvalue weighted by molar-refractivity contribution is 7.13. The maximum Gasteiger partial charge on any atom is 0.229 e. The van der Waals surface area contributed by atoms with Crippen molar-refractivity contribution in [3.63, 3.8) is 0 Å². The van der Waals surface area contributed by atoms with Crippen LogP contribution in [0.25, 0.3) is 0 Å². The van der Waals surface area contributed by atoms with Crippen LogP contribution >= 0.6 is 11.3 Å². The molecule has 0 aromatic carbocycles. The number of aromatic nitrogens is 1. The van der Waals surface area contributed by atoms with Gasteiger partial charge >= 0.3 is 0 Å². The van der Waals surface area contributed by atoms with E-state index < -0.39 is 0 Å². The SMILES string of the molecule is Cc1csc(NCCNC(=O)[C@]23C[C@H]2COC32CCC2)n1. The van der Waals surface area contributed by atoms with Crippen molar-refractivity contribution in [3.05, 3.63) is 11.1 Å². The topological polar surface area (TPSA) is 63.2 Å². The number of ether oxygens (including phenoxy) is 1. The zero-order valence-corrected chi connectivity index (χ0v) is 13.1. The minimum Gasteiger partial charge on any atom is -0.374 e. The second kappa shape index (κ2) is 4.68. The van der Waals surface area contributed by atoms with Crippen LogP contribution in [-0.4, -0.2) is 36.2 Å². The number of nitrogens with zero attached hydrogens (tertiary/aromatic N) is 1. The average molecular weight is 307 g/mol. The van der Waals surface area contributed by atoms with Crippen molar-refractivity contribution in [2.75, 3.05) is 25.0 Å². The number of fused-ring (bicyclic) bond motifs is 2. The van der Waals surface area contributed by atoms with Crippen molar-refractivity contribution >= 4 is 22.4 Å². The van der Waals surface area contributed by atoms with Crippen molar-refractivity contribution in [2.24, 2.45) is 11.3 Å². The molecule has 0 radical (unpaired) electrons. The maximum atomic E-state index is 12.6. The molecule has 3 fully saturated rings. The molecule has 1 spiro atoms. The Morgan fingerprint density at radius 1 is 1.52 bits per heavy atom. The Morgan fingerprint density at radius 2 is 2.38 bits per heavy atom. The standard InChI is InChI=1S/C15H21N3O2S/c1-10-9-21-13(18-10)17-6-5-16-12(19)15-7-11(15)8-20-14(15)3-2-4-14/h9,11H,2-8H2,1H3,(H,16,19)(H,17,18)/t11-,15-/m0/s1. The molecule has 0 bridgehead atoms. The first kappa shape index (κ1) is 13.5. The molecule has 4 rings (SSSR count). The Balaban J connectivity index is 1.29. The monoisotopic (exact) mass is 307 g/mol. The lowest BCUT2D eigenvalue weighted by Crippen LogP contribution is -2.53. The number of amides is 1. The number of rotatable bonds is 5. The fraction of sp³-hybridized carbons (Fsp3) is 0.733. The van der Waals surface area contributed by atoms with Crippen molar-refractivity contribution in [2.45, 2.75) is 38.2 Å². The Morgan fingerprint density at radius 3 is 3.00 bits per heavy atom. The molecule has 3 aliphatic rings. The summed E-state index contributed by atoms with van der Waals surface area (Å²) in [5, 5.41) is 9.29. The van der Waals surface area contributed by atoms with E-state index in [4.69, 9.17) is 4.74 Å². The Hall–Kier alpha value is -1.14. The van der Waals surface area contributed by atoms with Gasteiger partial charge in [-0.1, -0.05) is 0 Å². The van der Waals surface area contributed by atoms with E-state index in [0.717, 1.165) is 36.7 Å². The smallest absolute Gasteiger partial charge is 0.229 e. The van der Waals surface area contributed by atoms with Crippen LogP contribution in [0, 0.1) is 18.3 Å². The third kappa shape index (κ3) is 1.92. The highest BCUT2D eigenvalue weighted by atomic mass is 32.1. The van der Waals surface area contributed by atoms with Crippen LogP contribution in [0.4, 0.5) is 5.13 Å². The van der Waals surface area contributed by atoms with Gasteiger partial charge in [-0.05, 0) is 32.6 Å². The number of carbonyl (C=O) groups is 1. The van der Waals surface area contributed by atoms with E-state index in [1.165, 1.54) is 6.42 Å². The molecule has 5 nitrogen and oxygen atoms in total. The van der Waals surface area contributed by atoms with Crippen LogP contribution in [0.15, 0.2) is 5.38 Å². The van der Waals surface area contributed by atoms with Gasteiger partial charge in [0, 0.05) is 24.4 Å². The summed E-state index contributed by atoms with van der Waals surface area (Å²) in [6, 6.07) is 0. The van der Waals surface area contributed by atoms with E-state index in [1.807, 2.05) is 12.3 Å². The summed E-state index contributed by atoms with van der Waals surface area (Å²) in [5.74, 6) is 0.675. The third-order valence-corrected chi connectivity index (χ3v) is 6.27. The van der Waals surface area contributed by atoms with Gasteiger partial charge in [-0.25, -0.2) is 4.98 Å². The molecular weight excluding hydrogens is 286 g/mol. The van der Waals surface area contributed by atoms with E-state index in [9.17, 15) is 4.79 Å². The summed E-state index contributed by atoms with van der Waals surface area (Å²) >= 11 is 1.60. The lowest BCUT2D eigenvalue weighted by atomic mass is 9.68. The summed E-state index contributed by atoms with van der Waals surface area (Å²) in [4.78, 5) is 16.9. The second-order valence-electron chi connectivity index (χ2n) is 6.51. The molecule has 2 N–H and O–H groups in total. The van der Waals surface area contributed by atoms with Gasteiger partial charge in [-0.15, -0.1) is 11.3 Å². The van der Waals surface area contributed by atoms with Gasteiger partial charge in [-0.3, -0.25) is 4.79 Å². The first-order valence-corrected chi connectivity index (χ1v) is 8.63. The number of anilines is 1. The quantitative estimate of drug-likeness (QED) is 0.816. The fourth-order valence-electron chi connectivity index (χ4n) is 3.99. The Bertz CT molecular complexity index is 569. The molecule has 6 heteroatoms. The molecule has 1 saturated heterocycles. The molecule has 1 amide bonds. The molecule has 2 saturated carbocycles. The molecule has 2 atom stereocenters. The first-order valence-electron chi connectivity index (χ1n) is 7.75. The molecule has 114 valence electrons. The molecule has 1 aliphatic heterocycles. The van der Waals surface area contributed by atoms with Crippen LogP contribution in [0.2, 0.25) is 0 Å². The number of thiazole rings is 1. The predicted octanol–water partition coefficient (Wildman–Crippen LogP) is 1.94. The lowest BCUT2D eigenvalue weighted by molar-refractivity contribution is -0.148. The first-order chi connectivity index (χ1) is 10.2. The van der Waals surface area contributed by atoms with Gasteiger partial charge in [0.2, 0.25) is 5.91 Å². The third-order valence-electron chi connectivity index (χ3n) is 5.35. The van der Waals surface area contributed by atoms with Crippen LogP contribution in [0.1, 0.15) is 31.4 Å². The molecular formula is C15H21N3O2S. The number of nitrogens with one attached hydrogen (secondary N) is 2. The highest BCUT2D eigenvalue weighted by Gasteiger charge is 2.77. The van der Waals surface area contributed by atoms with Crippen molar-refractivity contribution in [1.29, 1.82) is 0 Å². The average Bonchev–Trinajstić information content (AvgIpc) is 2.85. The van der Waals surface area contributed by atoms with Crippen LogP contribution in [-0.2, 0) is 9.53 Å². The summed E-state index contributed by atoms with van der Waals surface area (Å²) < 4.78 is 5.96. The van der Waals surface area contributed by atoms with Gasteiger partial charge in [0.15, 0.2) is 5.13 Å². The largest absolute Gasteiger partial charge is 0.374 e. The van der Waals surface area contributed by atoms with Gasteiger partial charge in [0.05, 0.1) is 23.3 Å². The van der Waals surface area contributed by atoms with Gasteiger partial charge < -0.3 is 15.4 Å². The zero-order valence-electron chi connectivity index (χ0n) is 12.3. The van der Waals surface area contributed by atoms with Gasteiger partial charge in [-0.2, -0.15) is 0 Å². The number of hydrogen-bond acceptors (Lipinski definition) is 5. The van der Waals surface area contributed by atoms with E-state index in [-0.39, 0.29) is 16.9 Å². The van der Waals surface area contributed by atoms with Gasteiger partial charge in [0.1, 0.15) is 0 Å². The predicted molar refractivity (Wildman–Crippen MR) is 81.4 cm³/mol. The summed E-state index contributed by atoms with van der Waals surface area (Å²) in [5.41, 5.74) is 0.728. The lowest BCUT2D eigenvalue weighted by Gasteiger charge is -2.44. The van der Waals surface area contributed by atoms with Crippen LogP contribution in [0.3, 0.4) is 0 Å².